The molecule has 0 unspecified atom stereocenters. The van der Waals surface area contributed by atoms with Gasteiger partial charge in [0.1, 0.15) is 17.2 Å². The molecule has 0 bridgehead atoms. The van der Waals surface area contributed by atoms with Crippen LogP contribution in [-0.4, -0.2) is 15.9 Å². The maximum Gasteiger partial charge on any atom is 0.264 e. The summed E-state index contributed by atoms with van der Waals surface area (Å²) in [5.74, 6) is -0.655. The first kappa shape index (κ1) is 15.4. The van der Waals surface area contributed by atoms with Gasteiger partial charge in [-0.25, -0.2) is 9.37 Å². The molecule has 22 heavy (non-hydrogen) atoms. The number of allylic oxidation sites excluding steroid dienone is 2. The molecule has 2 aromatic rings. The topological polar surface area (TPSA) is 74.8 Å². The lowest BCUT2D eigenvalue weighted by Gasteiger charge is -2.06. The number of aromatic nitrogens is 2. The Bertz CT molecular complexity index is 779. The fraction of sp³-hybridized carbons (Fsp3) is 0.0625. The lowest BCUT2D eigenvalue weighted by molar-refractivity contribution is 0.0949. The maximum absolute atomic E-state index is 12.8. The summed E-state index contributed by atoms with van der Waals surface area (Å²) in [5, 5.41) is 2.57. The Morgan fingerprint density at radius 1 is 1.36 bits per heavy atom. The van der Waals surface area contributed by atoms with Crippen molar-refractivity contribution in [3.05, 3.63) is 82.8 Å². The average Bonchev–Trinajstić information content (AvgIpc) is 2.53. The summed E-state index contributed by atoms with van der Waals surface area (Å²) in [5.41, 5.74) is 0.499. The lowest BCUT2D eigenvalue weighted by Crippen LogP contribution is -2.30. The highest BCUT2D eigenvalue weighted by atomic mass is 19.1. The first-order chi connectivity index (χ1) is 10.5. The smallest absolute Gasteiger partial charge is 0.264 e. The summed E-state index contributed by atoms with van der Waals surface area (Å²) < 4.78 is 12.8. The first-order valence-electron chi connectivity index (χ1n) is 6.45. The highest BCUT2D eigenvalue weighted by Gasteiger charge is 2.12. The van der Waals surface area contributed by atoms with Gasteiger partial charge in [-0.3, -0.25) is 9.59 Å². The van der Waals surface area contributed by atoms with E-state index in [-0.39, 0.29) is 23.7 Å². The molecule has 1 aromatic heterocycles. The summed E-state index contributed by atoms with van der Waals surface area (Å²) in [4.78, 5) is 30.3. The summed E-state index contributed by atoms with van der Waals surface area (Å²) in [7, 11) is 0. The van der Waals surface area contributed by atoms with Gasteiger partial charge in [-0.1, -0.05) is 31.4 Å². The molecule has 1 heterocycles. The normalized spacial score (nSPS) is 10.0. The van der Waals surface area contributed by atoms with Gasteiger partial charge in [0.2, 0.25) is 0 Å². The maximum atomic E-state index is 12.8. The minimum atomic E-state index is -0.565. The monoisotopic (exact) mass is 299 g/mol. The molecule has 1 aromatic carbocycles. The molecule has 2 N–H and O–H groups in total. The van der Waals surface area contributed by atoms with Gasteiger partial charge in [0.05, 0.1) is 0 Å². The minimum Gasteiger partial charge on any atom is -0.348 e. The summed E-state index contributed by atoms with van der Waals surface area (Å²) in [6, 6.07) is 5.70. The molecule has 6 heteroatoms. The SMILES string of the molecule is C=CC(=C)c1ncc(C(=O)NCc2ccc(F)cc2)c(=O)[nH]1. The number of carbonyl (C=O) groups excluding carboxylic acids is 1. The number of amides is 1. The number of rotatable bonds is 5. The van der Waals surface area contributed by atoms with Gasteiger partial charge >= 0.3 is 0 Å². The Morgan fingerprint density at radius 3 is 2.64 bits per heavy atom. The van der Waals surface area contributed by atoms with Crippen LogP contribution in [0.4, 0.5) is 4.39 Å². The molecule has 0 saturated heterocycles. The highest BCUT2D eigenvalue weighted by molar-refractivity contribution is 5.93. The van der Waals surface area contributed by atoms with E-state index in [2.05, 4.69) is 28.4 Å². The van der Waals surface area contributed by atoms with E-state index in [0.29, 0.717) is 5.57 Å². The average molecular weight is 299 g/mol. The first-order valence-corrected chi connectivity index (χ1v) is 6.45. The molecule has 1 amide bonds. The summed E-state index contributed by atoms with van der Waals surface area (Å²) >= 11 is 0. The third-order valence-electron chi connectivity index (χ3n) is 2.96. The third kappa shape index (κ3) is 3.54. The van der Waals surface area contributed by atoms with Crippen LogP contribution in [0.5, 0.6) is 0 Å². The van der Waals surface area contributed by atoms with Gasteiger partial charge in [0.25, 0.3) is 11.5 Å². The standard InChI is InChI=1S/C16H14FN3O2/c1-3-10(2)14-18-9-13(16(22)20-14)15(21)19-8-11-4-6-12(17)7-5-11/h3-7,9H,1-2,8H2,(H,19,21)(H,18,20,22). The van der Waals surface area contributed by atoms with Crippen LogP contribution in [-0.2, 0) is 6.54 Å². The van der Waals surface area contributed by atoms with Crippen molar-refractivity contribution in [2.75, 3.05) is 0 Å². The van der Waals surface area contributed by atoms with E-state index >= 15 is 0 Å². The van der Waals surface area contributed by atoms with Crippen LogP contribution in [0, 0.1) is 5.82 Å². The van der Waals surface area contributed by atoms with E-state index in [1.165, 1.54) is 24.4 Å². The van der Waals surface area contributed by atoms with Crippen LogP contribution in [0.3, 0.4) is 0 Å². The summed E-state index contributed by atoms with van der Waals surface area (Å²) in [6.07, 6.45) is 2.63. The van der Waals surface area contributed by atoms with Crippen LogP contribution >= 0.6 is 0 Å². The van der Waals surface area contributed by atoms with Crippen LogP contribution < -0.4 is 10.9 Å². The third-order valence-corrected chi connectivity index (χ3v) is 2.96. The van der Waals surface area contributed by atoms with Crippen molar-refractivity contribution in [2.45, 2.75) is 6.54 Å². The molecule has 2 rings (SSSR count). The van der Waals surface area contributed by atoms with Gasteiger partial charge in [0, 0.05) is 18.3 Å². The molecule has 0 saturated carbocycles. The molecule has 0 radical (unpaired) electrons. The molecular weight excluding hydrogens is 285 g/mol. The zero-order valence-corrected chi connectivity index (χ0v) is 11.7. The fourth-order valence-electron chi connectivity index (χ4n) is 1.70. The molecular formula is C16H14FN3O2. The van der Waals surface area contributed by atoms with E-state index in [1.54, 1.807) is 12.1 Å². The molecule has 0 fully saturated rings. The van der Waals surface area contributed by atoms with Crippen molar-refractivity contribution in [3.63, 3.8) is 0 Å². The van der Waals surface area contributed by atoms with Crippen molar-refractivity contribution < 1.29 is 9.18 Å². The largest absolute Gasteiger partial charge is 0.348 e. The number of nitrogens with one attached hydrogen (secondary N) is 2. The Hall–Kier alpha value is -3.02. The molecule has 0 aliphatic carbocycles. The van der Waals surface area contributed by atoms with Gasteiger partial charge < -0.3 is 10.3 Å². The molecule has 0 spiro atoms. The second-order valence-electron chi connectivity index (χ2n) is 4.51. The van der Waals surface area contributed by atoms with Crippen molar-refractivity contribution in [2.24, 2.45) is 0 Å². The number of hydrogen-bond acceptors (Lipinski definition) is 3. The highest BCUT2D eigenvalue weighted by Crippen LogP contribution is 2.05. The second kappa shape index (κ2) is 6.62. The van der Waals surface area contributed by atoms with Crippen LogP contribution in [0.25, 0.3) is 5.57 Å². The molecule has 0 aliphatic rings. The number of nitrogens with zero attached hydrogens (tertiary/aromatic N) is 1. The second-order valence-corrected chi connectivity index (χ2v) is 4.51. The van der Waals surface area contributed by atoms with Gasteiger partial charge in [-0.05, 0) is 17.7 Å². The van der Waals surface area contributed by atoms with Gasteiger partial charge in [-0.15, -0.1) is 0 Å². The van der Waals surface area contributed by atoms with Gasteiger partial charge in [-0.2, -0.15) is 0 Å². The number of halogens is 1. The Labute approximate surface area is 126 Å². The van der Waals surface area contributed by atoms with Crippen LogP contribution in [0.15, 0.2) is 54.5 Å². The van der Waals surface area contributed by atoms with E-state index in [4.69, 9.17) is 0 Å². The Morgan fingerprint density at radius 2 is 2.05 bits per heavy atom. The zero-order valence-electron chi connectivity index (χ0n) is 11.7. The van der Waals surface area contributed by atoms with E-state index in [0.717, 1.165) is 5.56 Å². The zero-order chi connectivity index (χ0) is 16.1. The van der Waals surface area contributed by atoms with E-state index < -0.39 is 11.5 Å². The number of aromatic amines is 1. The molecule has 0 aliphatic heterocycles. The lowest BCUT2D eigenvalue weighted by atomic mass is 10.2. The molecule has 5 nitrogen and oxygen atoms in total. The van der Waals surface area contributed by atoms with Crippen LogP contribution in [0.2, 0.25) is 0 Å². The molecule has 0 atom stereocenters. The summed E-state index contributed by atoms with van der Waals surface area (Å²) in [6.45, 7) is 7.37. The van der Waals surface area contributed by atoms with E-state index in [9.17, 15) is 14.0 Å². The van der Waals surface area contributed by atoms with E-state index in [1.807, 2.05) is 0 Å². The predicted molar refractivity (Wildman–Crippen MR) is 81.7 cm³/mol. The van der Waals surface area contributed by atoms with Crippen molar-refractivity contribution in [1.29, 1.82) is 0 Å². The predicted octanol–water partition coefficient (Wildman–Crippen LogP) is 2.04. The Balaban J connectivity index is 2.09. The van der Waals surface area contributed by atoms with Crippen molar-refractivity contribution in [1.82, 2.24) is 15.3 Å². The van der Waals surface area contributed by atoms with Crippen LogP contribution in [0.1, 0.15) is 21.7 Å². The fourth-order valence-corrected chi connectivity index (χ4v) is 1.70. The number of carbonyl (C=O) groups is 1. The number of H-pyrrole nitrogens is 1. The molecule has 112 valence electrons. The Kier molecular flexibility index (Phi) is 4.63. The number of benzene rings is 1. The van der Waals surface area contributed by atoms with Crippen molar-refractivity contribution >= 4 is 11.5 Å². The van der Waals surface area contributed by atoms with Gasteiger partial charge in [0.15, 0.2) is 0 Å². The quantitative estimate of drug-likeness (QED) is 0.830. The number of hydrogen-bond donors (Lipinski definition) is 2. The minimum absolute atomic E-state index is 0.109. The van der Waals surface area contributed by atoms with Crippen molar-refractivity contribution in [3.8, 4) is 0 Å².